The van der Waals surface area contributed by atoms with Crippen molar-refractivity contribution in [3.8, 4) is 0 Å². The summed E-state index contributed by atoms with van der Waals surface area (Å²) >= 11 is 0. The maximum absolute atomic E-state index is 12.3. The highest BCUT2D eigenvalue weighted by molar-refractivity contribution is 5.80. The molecule has 0 atom stereocenters. The third-order valence-electron chi connectivity index (χ3n) is 3.69. The molecular weight excluding hydrogens is 277 g/mol. The summed E-state index contributed by atoms with van der Waals surface area (Å²) in [5.74, 6) is -1.16. The fraction of sp³-hybridized carbons (Fsp3) is 0.833. The summed E-state index contributed by atoms with van der Waals surface area (Å²) in [6, 6.07) is -0.989. The van der Waals surface area contributed by atoms with E-state index in [0.29, 0.717) is 5.92 Å². The number of hydrogen-bond donors (Lipinski definition) is 2. The summed E-state index contributed by atoms with van der Waals surface area (Å²) in [4.78, 5) is 22.5. The molecule has 0 aromatic rings. The molecule has 0 aromatic carbocycles. The molecule has 0 spiro atoms. The van der Waals surface area contributed by atoms with Crippen LogP contribution in [-0.4, -0.2) is 47.8 Å². The Morgan fingerprint density at radius 3 is 2.25 bits per heavy atom. The largest absolute Gasteiger partial charge is 0.480 e. The van der Waals surface area contributed by atoms with Gasteiger partial charge in [0.25, 0.3) is 0 Å². The molecule has 1 rings (SSSR count). The highest BCUT2D eigenvalue weighted by Gasteiger charge is 2.45. The molecule has 2 amide bonds. The summed E-state index contributed by atoms with van der Waals surface area (Å²) in [5.41, 5.74) is -0.0528. The smallest absolute Gasteiger partial charge is 0.406 e. The zero-order valence-electron chi connectivity index (χ0n) is 11.5. The van der Waals surface area contributed by atoms with Crippen molar-refractivity contribution in [2.45, 2.75) is 32.9 Å². The molecule has 0 heterocycles. The normalized spacial score (nSPS) is 16.9. The fourth-order valence-electron chi connectivity index (χ4n) is 2.06. The molecule has 0 bridgehead atoms. The SMILES string of the molecule is CC(C)C1(CNC(=O)N(CC(=O)O)CC(F)(F)F)CC1. The van der Waals surface area contributed by atoms with Crippen LogP contribution in [0.25, 0.3) is 0 Å². The van der Waals surface area contributed by atoms with Crippen LogP contribution in [0.1, 0.15) is 26.7 Å². The van der Waals surface area contributed by atoms with Gasteiger partial charge in [-0.25, -0.2) is 4.79 Å². The Hall–Kier alpha value is -1.47. The summed E-state index contributed by atoms with van der Waals surface area (Å²) in [6.07, 6.45) is -2.78. The van der Waals surface area contributed by atoms with Gasteiger partial charge in [-0.1, -0.05) is 13.8 Å². The lowest BCUT2D eigenvalue weighted by atomic mass is 9.92. The molecule has 0 aliphatic heterocycles. The second-order valence-electron chi connectivity index (χ2n) is 5.54. The number of amides is 2. The maximum atomic E-state index is 12.3. The van der Waals surface area contributed by atoms with E-state index in [4.69, 9.17) is 5.11 Å². The lowest BCUT2D eigenvalue weighted by molar-refractivity contribution is -0.149. The highest BCUT2D eigenvalue weighted by atomic mass is 19.4. The monoisotopic (exact) mass is 296 g/mol. The van der Waals surface area contributed by atoms with E-state index in [1.807, 2.05) is 13.8 Å². The number of carboxylic acids is 1. The molecule has 116 valence electrons. The van der Waals surface area contributed by atoms with Crippen molar-refractivity contribution in [2.75, 3.05) is 19.6 Å². The van der Waals surface area contributed by atoms with E-state index in [9.17, 15) is 22.8 Å². The lowest BCUT2D eigenvalue weighted by Gasteiger charge is -2.25. The number of carboxylic acid groups (broad SMARTS) is 1. The van der Waals surface area contributed by atoms with E-state index in [-0.39, 0.29) is 16.9 Å². The van der Waals surface area contributed by atoms with E-state index in [0.717, 1.165) is 12.8 Å². The van der Waals surface area contributed by atoms with Crippen LogP contribution in [0.3, 0.4) is 0 Å². The molecule has 5 nitrogen and oxygen atoms in total. The number of urea groups is 1. The van der Waals surface area contributed by atoms with Crippen molar-refractivity contribution >= 4 is 12.0 Å². The van der Waals surface area contributed by atoms with Crippen molar-refractivity contribution in [1.82, 2.24) is 10.2 Å². The van der Waals surface area contributed by atoms with E-state index >= 15 is 0 Å². The van der Waals surface area contributed by atoms with Gasteiger partial charge in [0.05, 0.1) is 0 Å². The van der Waals surface area contributed by atoms with Gasteiger partial charge in [0.15, 0.2) is 0 Å². The first-order valence-corrected chi connectivity index (χ1v) is 6.37. The first-order chi connectivity index (χ1) is 9.06. The zero-order valence-corrected chi connectivity index (χ0v) is 11.5. The first-order valence-electron chi connectivity index (χ1n) is 6.37. The minimum atomic E-state index is -4.62. The lowest BCUT2D eigenvalue weighted by Crippen LogP contribution is -2.48. The Bertz CT molecular complexity index is 379. The van der Waals surface area contributed by atoms with Crippen LogP contribution in [0.4, 0.5) is 18.0 Å². The molecule has 0 radical (unpaired) electrons. The van der Waals surface area contributed by atoms with Gasteiger partial charge < -0.3 is 15.3 Å². The summed E-state index contributed by atoms with van der Waals surface area (Å²) in [6.45, 7) is 1.71. The Kier molecular flexibility index (Phi) is 4.88. The third kappa shape index (κ3) is 4.90. The van der Waals surface area contributed by atoms with Crippen molar-refractivity contribution in [2.24, 2.45) is 11.3 Å². The van der Waals surface area contributed by atoms with Crippen LogP contribution in [0, 0.1) is 11.3 Å². The van der Waals surface area contributed by atoms with Crippen LogP contribution < -0.4 is 5.32 Å². The quantitative estimate of drug-likeness (QED) is 0.788. The molecule has 1 aliphatic rings. The van der Waals surface area contributed by atoms with Gasteiger partial charge in [-0.3, -0.25) is 4.79 Å². The standard InChI is InChI=1S/C12H19F3N2O3/c1-8(2)11(3-4-11)6-16-10(20)17(5-9(18)19)7-12(13,14)15/h8H,3-7H2,1-2H3,(H,16,20)(H,18,19). The number of carbonyl (C=O) groups excluding carboxylic acids is 1. The molecular formula is C12H19F3N2O3. The molecule has 1 aliphatic carbocycles. The van der Waals surface area contributed by atoms with Crippen molar-refractivity contribution in [1.29, 1.82) is 0 Å². The molecule has 20 heavy (non-hydrogen) atoms. The summed E-state index contributed by atoms with van der Waals surface area (Å²) in [7, 11) is 0. The van der Waals surface area contributed by atoms with Crippen LogP contribution in [0.5, 0.6) is 0 Å². The second-order valence-corrected chi connectivity index (χ2v) is 5.54. The number of rotatable bonds is 6. The van der Waals surface area contributed by atoms with Crippen molar-refractivity contribution in [3.63, 3.8) is 0 Å². The number of nitrogens with one attached hydrogen (secondary N) is 1. The molecule has 0 saturated heterocycles. The molecule has 2 N–H and O–H groups in total. The number of aliphatic carboxylic acids is 1. The van der Waals surface area contributed by atoms with Gasteiger partial charge in [0.1, 0.15) is 13.1 Å². The average molecular weight is 296 g/mol. The minimum Gasteiger partial charge on any atom is -0.480 e. The maximum Gasteiger partial charge on any atom is 0.406 e. The van der Waals surface area contributed by atoms with Crippen LogP contribution in [-0.2, 0) is 4.79 Å². The summed E-state index contributed by atoms with van der Waals surface area (Å²) < 4.78 is 37.0. The van der Waals surface area contributed by atoms with Gasteiger partial charge in [-0.05, 0) is 24.2 Å². The Labute approximate surface area is 115 Å². The van der Waals surface area contributed by atoms with Crippen LogP contribution >= 0.6 is 0 Å². The molecule has 0 aromatic heterocycles. The van der Waals surface area contributed by atoms with Gasteiger partial charge >= 0.3 is 18.2 Å². The fourth-order valence-corrected chi connectivity index (χ4v) is 2.06. The van der Waals surface area contributed by atoms with E-state index in [1.165, 1.54) is 0 Å². The minimum absolute atomic E-state index is 0.0528. The average Bonchev–Trinajstić information content (AvgIpc) is 3.03. The van der Waals surface area contributed by atoms with Crippen molar-refractivity contribution in [3.05, 3.63) is 0 Å². The number of nitrogens with zero attached hydrogens (tertiary/aromatic N) is 1. The summed E-state index contributed by atoms with van der Waals surface area (Å²) in [5, 5.41) is 11.0. The number of alkyl halides is 3. The molecule has 1 saturated carbocycles. The Balaban J connectivity index is 2.57. The number of hydrogen-bond acceptors (Lipinski definition) is 2. The molecule has 8 heteroatoms. The first kappa shape index (κ1) is 16.6. The van der Waals surface area contributed by atoms with Crippen molar-refractivity contribution < 1.29 is 27.9 Å². The molecule has 1 fully saturated rings. The van der Waals surface area contributed by atoms with Gasteiger partial charge in [0.2, 0.25) is 0 Å². The number of halogens is 3. The van der Waals surface area contributed by atoms with E-state index < -0.39 is 31.3 Å². The van der Waals surface area contributed by atoms with E-state index in [1.54, 1.807) is 0 Å². The van der Waals surface area contributed by atoms with Gasteiger partial charge in [0, 0.05) is 6.54 Å². The Morgan fingerprint density at radius 1 is 1.35 bits per heavy atom. The predicted molar refractivity (Wildman–Crippen MR) is 65.2 cm³/mol. The Morgan fingerprint density at radius 2 is 1.90 bits per heavy atom. The zero-order chi connectivity index (χ0) is 15.6. The highest BCUT2D eigenvalue weighted by Crippen LogP contribution is 2.51. The van der Waals surface area contributed by atoms with Gasteiger partial charge in [-0.2, -0.15) is 13.2 Å². The van der Waals surface area contributed by atoms with Crippen LogP contribution in [0.15, 0.2) is 0 Å². The third-order valence-corrected chi connectivity index (χ3v) is 3.69. The predicted octanol–water partition coefficient (Wildman–Crippen LogP) is 2.08. The molecule has 0 unspecified atom stereocenters. The van der Waals surface area contributed by atoms with Gasteiger partial charge in [-0.15, -0.1) is 0 Å². The van der Waals surface area contributed by atoms with Crippen LogP contribution in [0.2, 0.25) is 0 Å². The van der Waals surface area contributed by atoms with E-state index in [2.05, 4.69) is 5.32 Å². The topological polar surface area (TPSA) is 69.6 Å². The second kappa shape index (κ2) is 5.88. The number of carbonyl (C=O) groups is 2.